The van der Waals surface area contributed by atoms with Gasteiger partial charge in [0, 0.05) is 17.4 Å². The molecule has 0 unspecified atom stereocenters. The lowest BCUT2D eigenvalue weighted by Crippen LogP contribution is -2.15. The molecular weight excluding hydrogens is 387 g/mol. The van der Waals surface area contributed by atoms with E-state index in [2.05, 4.69) is 27.5 Å². The lowest BCUT2D eigenvalue weighted by Gasteiger charge is -2.19. The third kappa shape index (κ3) is 4.89. The van der Waals surface area contributed by atoms with E-state index in [1.807, 2.05) is 36.4 Å². The number of benzene rings is 2. The topological polar surface area (TPSA) is 77.5 Å². The number of hydrogen-bond acceptors (Lipinski definition) is 7. The molecule has 0 aliphatic carbocycles. The summed E-state index contributed by atoms with van der Waals surface area (Å²) in [7, 11) is 0. The summed E-state index contributed by atoms with van der Waals surface area (Å²) in [6.45, 7) is 3.82. The van der Waals surface area contributed by atoms with E-state index < -0.39 is 5.82 Å². The first-order chi connectivity index (χ1) is 14.7. The summed E-state index contributed by atoms with van der Waals surface area (Å²) in [5, 5.41) is 6.04. The molecule has 4 rings (SSSR count). The second kappa shape index (κ2) is 9.30. The Morgan fingerprint density at radius 3 is 2.57 bits per heavy atom. The second-order valence-electron chi connectivity index (χ2n) is 6.72. The minimum atomic E-state index is -0.550. The van der Waals surface area contributed by atoms with Crippen molar-refractivity contribution in [1.29, 1.82) is 0 Å². The molecule has 2 aromatic carbocycles. The maximum atomic E-state index is 14.2. The monoisotopic (exact) mass is 410 g/mol. The minimum Gasteiger partial charge on any atom is -0.494 e. The number of hydrogen-bond donors (Lipinski definition) is 2. The molecule has 2 N–H and O–H groups in total. The quantitative estimate of drug-likeness (QED) is 0.503. The van der Waals surface area contributed by atoms with Crippen LogP contribution < -0.4 is 24.8 Å². The van der Waals surface area contributed by atoms with Gasteiger partial charge in [0.05, 0.1) is 12.8 Å². The van der Waals surface area contributed by atoms with Gasteiger partial charge in [-0.3, -0.25) is 0 Å². The summed E-state index contributed by atoms with van der Waals surface area (Å²) < 4.78 is 31.0. The maximum absolute atomic E-state index is 14.2. The summed E-state index contributed by atoms with van der Waals surface area (Å²) in [6, 6.07) is 12.7. The average molecular weight is 410 g/mol. The Morgan fingerprint density at radius 1 is 1.00 bits per heavy atom. The third-order valence-electron chi connectivity index (χ3n) is 4.43. The number of aromatic nitrogens is 2. The van der Waals surface area contributed by atoms with Crippen LogP contribution >= 0.6 is 0 Å². The van der Waals surface area contributed by atoms with Crippen molar-refractivity contribution in [2.75, 3.05) is 30.5 Å². The van der Waals surface area contributed by atoms with Crippen LogP contribution in [0.15, 0.2) is 48.7 Å². The molecule has 1 aromatic heterocycles. The van der Waals surface area contributed by atoms with Crippen molar-refractivity contribution in [3.05, 3.63) is 54.5 Å². The van der Waals surface area contributed by atoms with Crippen LogP contribution in [-0.4, -0.2) is 29.8 Å². The number of unbranched alkanes of at least 4 members (excludes halogenated alkanes) is 1. The van der Waals surface area contributed by atoms with E-state index in [4.69, 9.17) is 14.2 Å². The number of nitrogens with zero attached hydrogens (tertiary/aromatic N) is 2. The van der Waals surface area contributed by atoms with E-state index in [1.54, 1.807) is 6.07 Å². The summed E-state index contributed by atoms with van der Waals surface area (Å²) >= 11 is 0. The maximum Gasteiger partial charge on any atom is 0.229 e. The number of rotatable bonds is 8. The molecule has 0 saturated carbocycles. The van der Waals surface area contributed by atoms with Gasteiger partial charge in [-0.2, -0.15) is 4.98 Å². The molecule has 0 saturated heterocycles. The average Bonchev–Trinajstić information content (AvgIpc) is 2.77. The highest BCUT2D eigenvalue weighted by molar-refractivity contribution is 5.63. The molecule has 156 valence electrons. The first kappa shape index (κ1) is 19.8. The molecule has 8 heteroatoms. The Kier molecular flexibility index (Phi) is 6.12. The van der Waals surface area contributed by atoms with Crippen molar-refractivity contribution in [2.45, 2.75) is 19.8 Å². The number of anilines is 4. The van der Waals surface area contributed by atoms with Crippen LogP contribution in [0, 0.1) is 5.82 Å². The van der Waals surface area contributed by atoms with Gasteiger partial charge in [-0.25, -0.2) is 9.37 Å². The van der Waals surface area contributed by atoms with E-state index in [0.29, 0.717) is 42.7 Å². The third-order valence-corrected chi connectivity index (χ3v) is 4.43. The van der Waals surface area contributed by atoms with Crippen LogP contribution in [0.5, 0.6) is 17.2 Å². The van der Waals surface area contributed by atoms with Gasteiger partial charge < -0.3 is 24.8 Å². The Balaban J connectivity index is 1.44. The van der Waals surface area contributed by atoms with Gasteiger partial charge in [0.15, 0.2) is 23.1 Å². The fraction of sp³-hybridized carbons (Fsp3) is 0.273. The normalized spacial score (nSPS) is 12.3. The molecule has 7 nitrogen and oxygen atoms in total. The van der Waals surface area contributed by atoms with Gasteiger partial charge in [0.1, 0.15) is 19.0 Å². The summed E-state index contributed by atoms with van der Waals surface area (Å²) in [5.41, 5.74) is 1.41. The van der Waals surface area contributed by atoms with E-state index in [-0.39, 0.29) is 11.8 Å². The molecule has 0 radical (unpaired) electrons. The zero-order valence-electron chi connectivity index (χ0n) is 16.7. The van der Waals surface area contributed by atoms with Crippen molar-refractivity contribution in [1.82, 2.24) is 9.97 Å². The lowest BCUT2D eigenvalue weighted by atomic mass is 10.2. The highest BCUT2D eigenvalue weighted by Gasteiger charge is 2.13. The number of halogens is 1. The van der Waals surface area contributed by atoms with Crippen LogP contribution in [0.2, 0.25) is 0 Å². The Morgan fingerprint density at radius 2 is 1.77 bits per heavy atom. The van der Waals surface area contributed by atoms with E-state index >= 15 is 0 Å². The number of fused-ring (bicyclic) bond motifs is 1. The van der Waals surface area contributed by atoms with E-state index in [9.17, 15) is 4.39 Å². The van der Waals surface area contributed by atoms with Gasteiger partial charge in [-0.1, -0.05) is 13.3 Å². The largest absolute Gasteiger partial charge is 0.494 e. The molecule has 2 heterocycles. The predicted octanol–water partition coefficient (Wildman–Crippen LogP) is 5.05. The molecule has 0 fully saturated rings. The zero-order valence-corrected chi connectivity index (χ0v) is 16.7. The first-order valence-electron chi connectivity index (χ1n) is 9.90. The van der Waals surface area contributed by atoms with Gasteiger partial charge in [-0.05, 0) is 42.8 Å². The van der Waals surface area contributed by atoms with Gasteiger partial charge in [0.2, 0.25) is 5.95 Å². The molecule has 3 aromatic rings. The van der Waals surface area contributed by atoms with Crippen LogP contribution in [-0.2, 0) is 0 Å². The van der Waals surface area contributed by atoms with Crippen molar-refractivity contribution in [2.24, 2.45) is 0 Å². The standard InChI is InChI=1S/C22H23FN4O3/c1-2-3-10-28-17-7-4-15(5-8-17)25-21-18(23)14-24-22(27-21)26-16-6-9-19-20(13-16)30-12-11-29-19/h4-9,13-14H,2-3,10-12H2,1H3,(H2,24,25,26,27). The summed E-state index contributed by atoms with van der Waals surface area (Å²) in [4.78, 5) is 8.26. The Labute approximate surface area is 174 Å². The summed E-state index contributed by atoms with van der Waals surface area (Å²) in [6.07, 6.45) is 3.21. The van der Waals surface area contributed by atoms with Crippen LogP contribution in [0.3, 0.4) is 0 Å². The molecule has 0 spiro atoms. The minimum absolute atomic E-state index is 0.0738. The van der Waals surface area contributed by atoms with Crippen molar-refractivity contribution >= 4 is 23.1 Å². The van der Waals surface area contributed by atoms with Crippen LogP contribution in [0.4, 0.5) is 27.5 Å². The zero-order chi connectivity index (χ0) is 20.8. The molecular formula is C22H23FN4O3. The van der Waals surface area contributed by atoms with Crippen LogP contribution in [0.25, 0.3) is 0 Å². The van der Waals surface area contributed by atoms with E-state index in [1.165, 1.54) is 0 Å². The SMILES string of the molecule is CCCCOc1ccc(Nc2nc(Nc3ccc4c(c3)OCCO4)ncc2F)cc1. The number of ether oxygens (including phenoxy) is 3. The molecule has 1 aliphatic heterocycles. The molecule has 0 atom stereocenters. The highest BCUT2D eigenvalue weighted by Crippen LogP contribution is 2.33. The van der Waals surface area contributed by atoms with Crippen molar-refractivity contribution < 1.29 is 18.6 Å². The van der Waals surface area contributed by atoms with E-state index in [0.717, 1.165) is 24.8 Å². The smallest absolute Gasteiger partial charge is 0.229 e. The summed E-state index contributed by atoms with van der Waals surface area (Å²) in [5.74, 6) is 1.90. The van der Waals surface area contributed by atoms with Crippen LogP contribution in [0.1, 0.15) is 19.8 Å². The predicted molar refractivity (Wildman–Crippen MR) is 113 cm³/mol. The fourth-order valence-electron chi connectivity index (χ4n) is 2.87. The van der Waals surface area contributed by atoms with Gasteiger partial charge in [-0.15, -0.1) is 0 Å². The van der Waals surface area contributed by atoms with Crippen molar-refractivity contribution in [3.8, 4) is 17.2 Å². The lowest BCUT2D eigenvalue weighted by molar-refractivity contribution is 0.171. The first-order valence-corrected chi connectivity index (χ1v) is 9.90. The highest BCUT2D eigenvalue weighted by atomic mass is 19.1. The molecule has 30 heavy (non-hydrogen) atoms. The fourth-order valence-corrected chi connectivity index (χ4v) is 2.87. The Hall–Kier alpha value is -3.55. The van der Waals surface area contributed by atoms with Gasteiger partial charge >= 0.3 is 0 Å². The molecule has 1 aliphatic rings. The van der Waals surface area contributed by atoms with Gasteiger partial charge in [0.25, 0.3) is 0 Å². The second-order valence-corrected chi connectivity index (χ2v) is 6.72. The molecule has 0 bridgehead atoms. The Bertz CT molecular complexity index is 998. The van der Waals surface area contributed by atoms with Crippen molar-refractivity contribution in [3.63, 3.8) is 0 Å². The molecule has 0 amide bonds. The number of nitrogens with one attached hydrogen (secondary N) is 2.